The lowest BCUT2D eigenvalue weighted by molar-refractivity contribution is -0.301. The molecular formula is C67H114O12. The third-order valence-electron chi connectivity index (χ3n) is 14.3. The molecule has 1 fully saturated rings. The quantitative estimate of drug-likeness (QED) is 0.0228. The molecule has 0 bridgehead atoms. The van der Waals surface area contributed by atoms with Gasteiger partial charge in [-0.3, -0.25) is 14.4 Å². The first-order chi connectivity index (χ1) is 38.6. The Hall–Kier alpha value is -3.84. The molecule has 6 unspecified atom stereocenters. The van der Waals surface area contributed by atoms with Crippen LogP contribution in [0.5, 0.6) is 0 Å². The van der Waals surface area contributed by atoms with Crippen molar-refractivity contribution in [3.05, 3.63) is 72.9 Å². The molecule has 79 heavy (non-hydrogen) atoms. The molecule has 0 radical (unpaired) electrons. The van der Waals surface area contributed by atoms with Gasteiger partial charge in [-0.25, -0.2) is 4.79 Å². The number of hydrogen-bond acceptors (Lipinski definition) is 11. The smallest absolute Gasteiger partial charge is 0.335 e. The van der Waals surface area contributed by atoms with Crippen molar-refractivity contribution in [2.45, 2.75) is 314 Å². The fourth-order valence-corrected chi connectivity index (χ4v) is 9.38. The molecule has 1 heterocycles. The van der Waals surface area contributed by atoms with Crippen molar-refractivity contribution in [1.29, 1.82) is 0 Å². The number of hydrogen-bond donors (Lipinski definition) is 3. The molecule has 1 aliphatic heterocycles. The number of aliphatic hydroxyl groups excluding tert-OH is 2. The lowest BCUT2D eigenvalue weighted by atomic mass is 9.98. The van der Waals surface area contributed by atoms with E-state index in [1.165, 1.54) is 109 Å². The van der Waals surface area contributed by atoms with Crippen molar-refractivity contribution in [2.24, 2.45) is 0 Å². The first kappa shape index (κ1) is 73.2. The van der Waals surface area contributed by atoms with Crippen LogP contribution in [-0.2, 0) is 42.9 Å². The van der Waals surface area contributed by atoms with E-state index in [0.29, 0.717) is 19.3 Å². The van der Waals surface area contributed by atoms with E-state index in [9.17, 15) is 34.5 Å². The number of carboxylic acid groups (broad SMARTS) is 1. The average molecular weight is 1110 g/mol. The van der Waals surface area contributed by atoms with Crippen LogP contribution in [0.1, 0.15) is 278 Å². The first-order valence-corrected chi connectivity index (χ1v) is 31.9. The Morgan fingerprint density at radius 1 is 0.430 bits per heavy atom. The molecular weight excluding hydrogens is 997 g/mol. The van der Waals surface area contributed by atoms with Gasteiger partial charge in [0.15, 0.2) is 24.6 Å². The zero-order valence-electron chi connectivity index (χ0n) is 50.1. The summed E-state index contributed by atoms with van der Waals surface area (Å²) in [6.07, 6.45) is 57.3. The van der Waals surface area contributed by atoms with Gasteiger partial charge in [-0.05, 0) is 83.5 Å². The number of carboxylic acids is 1. The highest BCUT2D eigenvalue weighted by atomic mass is 16.7. The number of esters is 3. The second kappa shape index (κ2) is 54.7. The summed E-state index contributed by atoms with van der Waals surface area (Å²) in [5.74, 6) is -3.16. The van der Waals surface area contributed by atoms with Crippen LogP contribution >= 0.6 is 0 Å². The maximum atomic E-state index is 13.2. The predicted molar refractivity (Wildman–Crippen MR) is 322 cm³/mol. The number of aliphatic hydroxyl groups is 2. The van der Waals surface area contributed by atoms with Gasteiger partial charge in [-0.2, -0.15) is 0 Å². The first-order valence-electron chi connectivity index (χ1n) is 31.9. The highest BCUT2D eigenvalue weighted by molar-refractivity contribution is 5.74. The van der Waals surface area contributed by atoms with Crippen LogP contribution < -0.4 is 0 Å². The SMILES string of the molecule is CC/C=C\C/C=C\C/C=C\C/C=C\C/C=C\CCCCCC(=O)OCC(COC1OC(C(=O)O)C(O)C(O)C1OC(=O)CCCCCCC/C=C\CCCC)OC(=O)CCCCCCCCCCCCCCCCCCCCC. The molecule has 0 saturated carbocycles. The van der Waals surface area contributed by atoms with Crippen molar-refractivity contribution >= 4 is 23.9 Å². The third kappa shape index (κ3) is 44.5. The fraction of sp³-hybridized carbons (Fsp3) is 0.761. The number of carbonyl (C=O) groups is 4. The molecule has 12 nitrogen and oxygen atoms in total. The van der Waals surface area contributed by atoms with E-state index in [0.717, 1.165) is 109 Å². The minimum absolute atomic E-state index is 0.0460. The topological polar surface area (TPSA) is 175 Å². The van der Waals surface area contributed by atoms with Crippen LogP contribution in [-0.4, -0.2) is 89.2 Å². The standard InChI is InChI=1S/C67H114O12/c1-4-7-10-13-16-19-22-24-26-28-30-32-34-36-39-41-44-47-50-53-59(68)75-56-58(77-60(69)54-51-48-45-43-40-37-35-33-31-29-27-25-23-20-17-14-11-8-5-2)57-76-67-65(63(72)62(71)64(79-67)66(73)74)78-61(70)55-52-49-46-42-38-21-18-15-12-9-6-3/h7,10,15-16,18-19,24,26,30,32,36,39,58,62-65,67,71-72H,4-6,8-9,11-14,17,20-23,25,27-29,31,33-35,37-38,40-57H2,1-3H3,(H,73,74)/b10-7-,18-15-,19-16-,26-24-,32-30-,39-36-. The minimum atomic E-state index is -1.91. The molecule has 0 amide bonds. The van der Waals surface area contributed by atoms with E-state index in [2.05, 4.69) is 93.7 Å². The van der Waals surface area contributed by atoms with Crippen molar-refractivity contribution in [2.75, 3.05) is 13.2 Å². The maximum absolute atomic E-state index is 13.2. The summed E-state index contributed by atoms with van der Waals surface area (Å²) in [5.41, 5.74) is 0. The average Bonchev–Trinajstić information content (AvgIpc) is 3.47. The Bertz CT molecular complexity index is 1650. The number of allylic oxidation sites excluding steroid dienone is 12. The normalized spacial score (nSPS) is 18.3. The van der Waals surface area contributed by atoms with Crippen molar-refractivity contribution < 1.29 is 58.2 Å². The van der Waals surface area contributed by atoms with Crippen LogP contribution in [0.15, 0.2) is 72.9 Å². The highest BCUT2D eigenvalue weighted by Crippen LogP contribution is 2.27. The molecule has 454 valence electrons. The Morgan fingerprint density at radius 3 is 1.28 bits per heavy atom. The van der Waals surface area contributed by atoms with Crippen LogP contribution in [0.4, 0.5) is 0 Å². The Balaban J connectivity index is 2.67. The summed E-state index contributed by atoms with van der Waals surface area (Å²) in [6, 6.07) is 0. The van der Waals surface area contributed by atoms with Gasteiger partial charge in [-0.15, -0.1) is 0 Å². The van der Waals surface area contributed by atoms with Crippen LogP contribution in [0, 0.1) is 0 Å². The van der Waals surface area contributed by atoms with Crippen LogP contribution in [0.2, 0.25) is 0 Å². The second-order valence-electron chi connectivity index (χ2n) is 21.7. The molecule has 1 aliphatic rings. The number of ether oxygens (including phenoxy) is 5. The molecule has 1 rings (SSSR count). The summed E-state index contributed by atoms with van der Waals surface area (Å²) >= 11 is 0. The Morgan fingerprint density at radius 2 is 0.810 bits per heavy atom. The zero-order chi connectivity index (χ0) is 57.5. The lowest BCUT2D eigenvalue weighted by Crippen LogP contribution is -2.61. The van der Waals surface area contributed by atoms with Gasteiger partial charge in [0.05, 0.1) is 6.61 Å². The molecule has 0 aliphatic carbocycles. The second-order valence-corrected chi connectivity index (χ2v) is 21.7. The van der Waals surface area contributed by atoms with Gasteiger partial charge in [0.1, 0.15) is 18.8 Å². The molecule has 1 saturated heterocycles. The summed E-state index contributed by atoms with van der Waals surface area (Å²) in [7, 11) is 0. The summed E-state index contributed by atoms with van der Waals surface area (Å²) in [5, 5.41) is 31.5. The highest BCUT2D eigenvalue weighted by Gasteiger charge is 2.50. The predicted octanol–water partition coefficient (Wildman–Crippen LogP) is 16.9. The van der Waals surface area contributed by atoms with Gasteiger partial charge in [0.2, 0.25) is 0 Å². The van der Waals surface area contributed by atoms with Gasteiger partial charge in [0.25, 0.3) is 0 Å². The van der Waals surface area contributed by atoms with Gasteiger partial charge >= 0.3 is 23.9 Å². The Kier molecular flexibility index (Phi) is 50.7. The number of carbonyl (C=O) groups excluding carboxylic acids is 3. The zero-order valence-corrected chi connectivity index (χ0v) is 50.1. The summed E-state index contributed by atoms with van der Waals surface area (Å²) in [6.45, 7) is 5.83. The van der Waals surface area contributed by atoms with Crippen LogP contribution in [0.3, 0.4) is 0 Å². The largest absolute Gasteiger partial charge is 0.479 e. The molecule has 12 heteroatoms. The summed E-state index contributed by atoms with van der Waals surface area (Å²) in [4.78, 5) is 51.2. The number of rotatable bonds is 54. The Labute approximate surface area is 480 Å². The van der Waals surface area contributed by atoms with Crippen LogP contribution in [0.25, 0.3) is 0 Å². The molecule has 3 N–H and O–H groups in total. The lowest BCUT2D eigenvalue weighted by Gasteiger charge is -2.40. The molecule has 0 aromatic rings. The van der Waals surface area contributed by atoms with E-state index in [1.54, 1.807) is 0 Å². The van der Waals surface area contributed by atoms with E-state index >= 15 is 0 Å². The third-order valence-corrected chi connectivity index (χ3v) is 14.3. The van der Waals surface area contributed by atoms with Crippen molar-refractivity contribution in [3.63, 3.8) is 0 Å². The molecule has 0 aromatic heterocycles. The van der Waals surface area contributed by atoms with E-state index < -0.39 is 67.3 Å². The van der Waals surface area contributed by atoms with E-state index in [1.807, 2.05) is 0 Å². The van der Waals surface area contributed by atoms with Gasteiger partial charge in [-0.1, -0.05) is 248 Å². The van der Waals surface area contributed by atoms with Crippen molar-refractivity contribution in [3.8, 4) is 0 Å². The van der Waals surface area contributed by atoms with Gasteiger partial charge in [0, 0.05) is 19.3 Å². The van der Waals surface area contributed by atoms with E-state index in [4.69, 9.17) is 23.7 Å². The minimum Gasteiger partial charge on any atom is -0.479 e. The monoisotopic (exact) mass is 1110 g/mol. The molecule has 0 spiro atoms. The molecule has 0 aromatic carbocycles. The van der Waals surface area contributed by atoms with Gasteiger partial charge < -0.3 is 39.0 Å². The van der Waals surface area contributed by atoms with E-state index in [-0.39, 0.29) is 25.9 Å². The fourth-order valence-electron chi connectivity index (χ4n) is 9.38. The number of aliphatic carboxylic acids is 1. The number of unbranched alkanes of at least 4 members (excludes halogenated alkanes) is 28. The van der Waals surface area contributed by atoms with Crippen molar-refractivity contribution in [1.82, 2.24) is 0 Å². The maximum Gasteiger partial charge on any atom is 0.335 e. The molecule has 6 atom stereocenters. The summed E-state index contributed by atoms with van der Waals surface area (Å²) < 4.78 is 28.5.